The van der Waals surface area contributed by atoms with Crippen molar-refractivity contribution in [1.29, 1.82) is 0 Å². The summed E-state index contributed by atoms with van der Waals surface area (Å²) in [6.45, 7) is 3.19. The van der Waals surface area contributed by atoms with Crippen LogP contribution < -0.4 is 15.4 Å². The molecular weight excluding hydrogens is 347 g/mol. The fraction of sp³-hybridized carbons (Fsp3) is 0.412. The van der Waals surface area contributed by atoms with E-state index in [0.717, 1.165) is 10.4 Å². The molecule has 26 heavy (non-hydrogen) atoms. The van der Waals surface area contributed by atoms with E-state index in [1.54, 1.807) is 0 Å². The van der Waals surface area contributed by atoms with Crippen molar-refractivity contribution in [1.82, 2.24) is 20.4 Å². The van der Waals surface area contributed by atoms with Gasteiger partial charge in [-0.2, -0.15) is 18.3 Å². The molecule has 0 bridgehead atoms. The molecule has 0 spiro atoms. The molecule has 0 radical (unpaired) electrons. The maximum absolute atomic E-state index is 13.0. The summed E-state index contributed by atoms with van der Waals surface area (Å²) in [4.78, 5) is 4.20. The maximum Gasteiger partial charge on any atom is 0.435 e. The first-order valence-electron chi connectivity index (χ1n) is 8.20. The first-order valence-corrected chi connectivity index (χ1v) is 8.20. The van der Waals surface area contributed by atoms with E-state index >= 15 is 0 Å². The minimum atomic E-state index is -4.50. The summed E-state index contributed by atoms with van der Waals surface area (Å²) < 4.78 is 45.6. The zero-order valence-electron chi connectivity index (χ0n) is 14.7. The molecule has 2 N–H and O–H groups in total. The molecule has 0 atom stereocenters. The number of rotatable bonds is 7. The van der Waals surface area contributed by atoms with E-state index in [9.17, 15) is 13.2 Å². The van der Waals surface area contributed by atoms with Crippen LogP contribution in [0.4, 0.5) is 13.2 Å². The normalized spacial score (nSPS) is 12.1. The first-order chi connectivity index (χ1) is 12.4. The van der Waals surface area contributed by atoms with Gasteiger partial charge in [0.2, 0.25) is 0 Å². The van der Waals surface area contributed by atoms with Gasteiger partial charge in [0.1, 0.15) is 12.4 Å². The summed E-state index contributed by atoms with van der Waals surface area (Å²) in [5.74, 6) is 1.17. The Morgan fingerprint density at radius 1 is 1.23 bits per heavy atom. The average molecular weight is 369 g/mol. The Kier molecular flexibility index (Phi) is 6.88. The van der Waals surface area contributed by atoms with Gasteiger partial charge in [0.15, 0.2) is 11.7 Å². The van der Waals surface area contributed by atoms with Crippen molar-refractivity contribution >= 4 is 5.96 Å². The number of guanidine groups is 1. The molecule has 0 fully saturated rings. The predicted molar refractivity (Wildman–Crippen MR) is 93.0 cm³/mol. The van der Waals surface area contributed by atoms with Crippen LogP contribution in [0.3, 0.4) is 0 Å². The lowest BCUT2D eigenvalue weighted by molar-refractivity contribution is -0.142. The number of aryl methyl sites for hydroxylation is 1. The van der Waals surface area contributed by atoms with Gasteiger partial charge in [-0.1, -0.05) is 18.2 Å². The lowest BCUT2D eigenvalue weighted by atomic mass is 10.2. The van der Waals surface area contributed by atoms with E-state index in [1.807, 2.05) is 37.3 Å². The molecule has 0 amide bonds. The van der Waals surface area contributed by atoms with Crippen molar-refractivity contribution in [2.75, 3.05) is 19.7 Å². The van der Waals surface area contributed by atoms with E-state index in [4.69, 9.17) is 4.74 Å². The van der Waals surface area contributed by atoms with Gasteiger partial charge in [-0.15, -0.1) is 0 Å². The van der Waals surface area contributed by atoms with Gasteiger partial charge in [0, 0.05) is 25.4 Å². The summed E-state index contributed by atoms with van der Waals surface area (Å²) >= 11 is 0. The maximum atomic E-state index is 13.0. The lowest BCUT2D eigenvalue weighted by Crippen LogP contribution is -2.39. The highest BCUT2D eigenvalue weighted by atomic mass is 19.4. The molecule has 6 nitrogen and oxygen atoms in total. The SMILES string of the molecule is CCNC(=NCc1cn(C)nc1C(F)(F)F)NCCOc1ccccc1. The second-order valence-corrected chi connectivity index (χ2v) is 5.46. The minimum Gasteiger partial charge on any atom is -0.492 e. The highest BCUT2D eigenvalue weighted by Crippen LogP contribution is 2.30. The number of nitrogens with one attached hydrogen (secondary N) is 2. The van der Waals surface area contributed by atoms with Crippen LogP contribution in [-0.2, 0) is 19.8 Å². The third-order valence-corrected chi connectivity index (χ3v) is 3.33. The molecule has 1 aromatic heterocycles. The number of ether oxygens (including phenoxy) is 1. The van der Waals surface area contributed by atoms with Crippen LogP contribution in [0.1, 0.15) is 18.2 Å². The molecule has 0 saturated carbocycles. The zero-order valence-corrected chi connectivity index (χ0v) is 14.7. The monoisotopic (exact) mass is 369 g/mol. The van der Waals surface area contributed by atoms with Crippen LogP contribution in [0.15, 0.2) is 41.5 Å². The Morgan fingerprint density at radius 3 is 2.62 bits per heavy atom. The number of hydrogen-bond donors (Lipinski definition) is 2. The van der Waals surface area contributed by atoms with Crippen molar-refractivity contribution < 1.29 is 17.9 Å². The van der Waals surface area contributed by atoms with Crippen molar-refractivity contribution in [3.8, 4) is 5.75 Å². The van der Waals surface area contributed by atoms with Gasteiger partial charge in [-0.3, -0.25) is 4.68 Å². The Labute approximate surface area is 150 Å². The molecule has 2 aromatic rings. The molecular formula is C17H22F3N5O. The Balaban J connectivity index is 1.92. The number of hydrogen-bond acceptors (Lipinski definition) is 3. The number of nitrogens with zero attached hydrogens (tertiary/aromatic N) is 3. The highest BCUT2D eigenvalue weighted by Gasteiger charge is 2.36. The third kappa shape index (κ3) is 5.98. The van der Waals surface area contributed by atoms with Crippen molar-refractivity contribution in [2.45, 2.75) is 19.6 Å². The number of para-hydroxylation sites is 1. The molecule has 0 aliphatic rings. The molecule has 2 rings (SSSR count). The smallest absolute Gasteiger partial charge is 0.435 e. The third-order valence-electron chi connectivity index (χ3n) is 3.33. The minimum absolute atomic E-state index is 0.0257. The summed E-state index contributed by atoms with van der Waals surface area (Å²) in [5.41, 5.74) is -0.884. The van der Waals surface area contributed by atoms with Crippen molar-refractivity contribution in [3.63, 3.8) is 0 Å². The van der Waals surface area contributed by atoms with Crippen LogP contribution in [0.5, 0.6) is 5.75 Å². The van der Waals surface area contributed by atoms with E-state index in [0.29, 0.717) is 25.7 Å². The van der Waals surface area contributed by atoms with Crippen molar-refractivity contribution in [3.05, 3.63) is 47.8 Å². The van der Waals surface area contributed by atoms with Gasteiger partial charge < -0.3 is 15.4 Å². The molecule has 0 saturated heterocycles. The van der Waals surface area contributed by atoms with Gasteiger partial charge in [0.25, 0.3) is 0 Å². The Morgan fingerprint density at radius 2 is 1.96 bits per heavy atom. The van der Waals surface area contributed by atoms with E-state index in [1.165, 1.54) is 13.2 Å². The molecule has 0 aliphatic carbocycles. The predicted octanol–water partition coefficient (Wildman–Crippen LogP) is 2.57. The van der Waals surface area contributed by atoms with Gasteiger partial charge in [0.05, 0.1) is 13.1 Å². The second kappa shape index (κ2) is 9.12. The molecule has 1 aromatic carbocycles. The number of benzene rings is 1. The van der Waals surface area contributed by atoms with Crippen LogP contribution in [-0.4, -0.2) is 35.4 Å². The van der Waals surface area contributed by atoms with Crippen LogP contribution >= 0.6 is 0 Å². The number of aliphatic imine (C=N–C) groups is 1. The summed E-state index contributed by atoms with van der Waals surface area (Å²) in [6, 6.07) is 9.34. The Bertz CT molecular complexity index is 713. The number of alkyl halides is 3. The topological polar surface area (TPSA) is 63.5 Å². The molecule has 142 valence electrons. The lowest BCUT2D eigenvalue weighted by Gasteiger charge is -2.12. The number of halogens is 3. The standard InChI is InChI=1S/C17H22F3N5O/c1-3-21-16(22-9-10-26-14-7-5-4-6-8-14)23-11-13-12-25(2)24-15(13)17(18,19)20/h4-8,12H,3,9-11H2,1-2H3,(H2,21,22,23). The fourth-order valence-corrected chi connectivity index (χ4v) is 2.25. The van der Waals surface area contributed by atoms with Gasteiger partial charge in [-0.05, 0) is 19.1 Å². The summed E-state index contributed by atoms with van der Waals surface area (Å²) in [5, 5.41) is 9.50. The van der Waals surface area contributed by atoms with Gasteiger partial charge >= 0.3 is 6.18 Å². The quantitative estimate of drug-likeness (QED) is 0.447. The Hall–Kier alpha value is -2.71. The van der Waals surface area contributed by atoms with Crippen LogP contribution in [0, 0.1) is 0 Å². The fourth-order valence-electron chi connectivity index (χ4n) is 2.25. The largest absolute Gasteiger partial charge is 0.492 e. The van der Waals surface area contributed by atoms with Gasteiger partial charge in [-0.25, -0.2) is 4.99 Å². The molecule has 0 unspecified atom stereocenters. The van der Waals surface area contributed by atoms with Crippen molar-refractivity contribution in [2.24, 2.45) is 12.0 Å². The second-order valence-electron chi connectivity index (χ2n) is 5.46. The average Bonchev–Trinajstić information content (AvgIpc) is 2.98. The number of aromatic nitrogens is 2. The summed E-state index contributed by atoms with van der Waals surface area (Å²) in [6.07, 6.45) is -3.17. The van der Waals surface area contributed by atoms with Crippen LogP contribution in [0.25, 0.3) is 0 Å². The molecule has 0 aliphatic heterocycles. The van der Waals surface area contributed by atoms with E-state index < -0.39 is 11.9 Å². The summed E-state index contributed by atoms with van der Waals surface area (Å²) in [7, 11) is 1.45. The van der Waals surface area contributed by atoms with E-state index in [-0.39, 0.29) is 12.1 Å². The zero-order chi connectivity index (χ0) is 19.0. The first kappa shape index (κ1) is 19.6. The van der Waals surface area contributed by atoms with E-state index in [2.05, 4.69) is 20.7 Å². The van der Waals surface area contributed by atoms with Crippen LogP contribution in [0.2, 0.25) is 0 Å². The molecule has 9 heteroatoms. The molecule has 1 heterocycles. The highest BCUT2D eigenvalue weighted by molar-refractivity contribution is 5.79.